The van der Waals surface area contributed by atoms with Crippen LogP contribution in [0.25, 0.3) is 0 Å². The van der Waals surface area contributed by atoms with Crippen LogP contribution in [0, 0.1) is 21.4 Å². The van der Waals surface area contributed by atoms with E-state index in [2.05, 4.69) is 10.0 Å². The van der Waals surface area contributed by atoms with Crippen molar-refractivity contribution in [3.63, 3.8) is 0 Å². The van der Waals surface area contributed by atoms with E-state index in [0.29, 0.717) is 5.75 Å². The number of rotatable bonds is 10. The molecule has 0 fully saturated rings. The molecule has 29 heavy (non-hydrogen) atoms. The lowest BCUT2D eigenvalue weighted by Gasteiger charge is -2.09. The lowest BCUT2D eigenvalue weighted by Crippen LogP contribution is -2.36. The summed E-state index contributed by atoms with van der Waals surface area (Å²) in [6, 6.07) is 13.4. The smallest absolute Gasteiger partial charge is 0.270 e. The highest BCUT2D eigenvalue weighted by atomic mass is 32.2. The summed E-state index contributed by atoms with van der Waals surface area (Å²) in [5.41, 5.74) is 0.499. The Hall–Kier alpha value is -3.49. The average molecular weight is 418 g/mol. The van der Waals surface area contributed by atoms with E-state index in [0.717, 1.165) is 11.6 Å². The summed E-state index contributed by atoms with van der Waals surface area (Å²) >= 11 is 0. The van der Waals surface area contributed by atoms with Crippen molar-refractivity contribution in [2.75, 3.05) is 19.7 Å². The number of carbonyl (C=O) groups is 1. The van der Waals surface area contributed by atoms with Gasteiger partial charge in [-0.2, -0.15) is 5.26 Å². The van der Waals surface area contributed by atoms with E-state index >= 15 is 0 Å². The van der Waals surface area contributed by atoms with Crippen molar-refractivity contribution in [2.45, 2.75) is 11.3 Å². The number of nitro groups is 1. The Kier molecular flexibility index (Phi) is 7.64. The molecule has 0 spiro atoms. The van der Waals surface area contributed by atoms with Crippen molar-refractivity contribution in [1.29, 1.82) is 5.26 Å². The number of hydrogen-bond donors (Lipinski definition) is 2. The third kappa shape index (κ3) is 6.87. The molecule has 152 valence electrons. The van der Waals surface area contributed by atoms with Gasteiger partial charge in [-0.25, -0.2) is 13.1 Å². The zero-order chi connectivity index (χ0) is 21.3. The van der Waals surface area contributed by atoms with E-state index in [1.807, 2.05) is 6.07 Å². The fraction of sp³-hybridized carbons (Fsp3) is 0.222. The summed E-state index contributed by atoms with van der Waals surface area (Å²) in [4.78, 5) is 21.6. The number of nitrogens with zero attached hydrogens (tertiary/aromatic N) is 2. The van der Waals surface area contributed by atoms with Gasteiger partial charge in [0.25, 0.3) is 11.6 Å². The molecule has 0 radical (unpaired) electrons. The number of benzene rings is 2. The summed E-state index contributed by atoms with van der Waals surface area (Å²) < 4.78 is 31.9. The Morgan fingerprint density at radius 1 is 1.17 bits per heavy atom. The molecule has 11 heteroatoms. The molecule has 0 unspecified atom stereocenters. The van der Waals surface area contributed by atoms with Crippen molar-refractivity contribution >= 4 is 21.6 Å². The molecule has 0 saturated carbocycles. The van der Waals surface area contributed by atoms with Gasteiger partial charge in [0.1, 0.15) is 5.75 Å². The molecule has 0 aliphatic carbocycles. The van der Waals surface area contributed by atoms with E-state index in [4.69, 9.17) is 10.00 Å². The Morgan fingerprint density at radius 2 is 1.90 bits per heavy atom. The number of nitrogens with one attached hydrogen (secondary N) is 2. The fourth-order valence-electron chi connectivity index (χ4n) is 2.23. The van der Waals surface area contributed by atoms with Gasteiger partial charge < -0.3 is 10.1 Å². The minimum atomic E-state index is -3.94. The number of sulfonamides is 1. The summed E-state index contributed by atoms with van der Waals surface area (Å²) in [6.45, 7) is -0.341. The summed E-state index contributed by atoms with van der Waals surface area (Å²) in [7, 11) is -3.94. The first kappa shape index (κ1) is 21.8. The molecular formula is C18H18N4O6S. The number of carbonyl (C=O) groups excluding carboxylic acids is 1. The summed E-state index contributed by atoms with van der Waals surface area (Å²) in [6.07, 6.45) is 0.285. The van der Waals surface area contributed by atoms with Gasteiger partial charge >= 0.3 is 0 Å². The third-order valence-corrected chi connectivity index (χ3v) is 5.11. The van der Waals surface area contributed by atoms with E-state index in [1.54, 1.807) is 24.3 Å². The van der Waals surface area contributed by atoms with Crippen molar-refractivity contribution in [3.8, 4) is 11.8 Å². The Bertz CT molecular complexity index is 1020. The van der Waals surface area contributed by atoms with Gasteiger partial charge in [-0.1, -0.05) is 18.2 Å². The molecule has 0 aliphatic heterocycles. The molecule has 2 rings (SSSR count). The van der Waals surface area contributed by atoms with E-state index in [-0.39, 0.29) is 36.7 Å². The van der Waals surface area contributed by atoms with Crippen LogP contribution in [0.5, 0.6) is 5.75 Å². The van der Waals surface area contributed by atoms with Gasteiger partial charge in [-0.15, -0.1) is 0 Å². The molecule has 0 bridgehead atoms. The standard InChI is InChI=1S/C18H18N4O6S/c19-9-8-14-4-6-16(7-5-14)28-13-18(23)20-10-11-21-29(26,27)17-3-1-2-15(12-17)22(24)25/h1-7,12,21H,8,10-11,13H2,(H,20,23). The van der Waals surface area contributed by atoms with Gasteiger partial charge in [0.15, 0.2) is 6.61 Å². The first-order chi connectivity index (χ1) is 13.8. The van der Waals surface area contributed by atoms with Crippen LogP contribution in [0.2, 0.25) is 0 Å². The van der Waals surface area contributed by atoms with Gasteiger partial charge in [-0.3, -0.25) is 14.9 Å². The second-order valence-corrected chi connectivity index (χ2v) is 7.54. The van der Waals surface area contributed by atoms with Crippen molar-refractivity contribution in [1.82, 2.24) is 10.0 Å². The molecule has 2 aromatic rings. The Morgan fingerprint density at radius 3 is 2.55 bits per heavy atom. The van der Waals surface area contributed by atoms with Crippen molar-refractivity contribution < 1.29 is 22.9 Å². The Balaban J connectivity index is 1.75. The minimum Gasteiger partial charge on any atom is -0.484 e. The molecule has 0 atom stereocenters. The van der Waals surface area contributed by atoms with Crippen LogP contribution in [-0.2, 0) is 21.2 Å². The number of hydrogen-bond acceptors (Lipinski definition) is 7. The monoisotopic (exact) mass is 418 g/mol. The average Bonchev–Trinajstić information content (AvgIpc) is 2.71. The maximum absolute atomic E-state index is 12.1. The number of ether oxygens (including phenoxy) is 1. The topological polar surface area (TPSA) is 151 Å². The predicted molar refractivity (Wildman–Crippen MR) is 103 cm³/mol. The van der Waals surface area contributed by atoms with Crippen LogP contribution in [0.15, 0.2) is 53.4 Å². The van der Waals surface area contributed by atoms with E-state index in [9.17, 15) is 23.3 Å². The number of nitriles is 1. The molecule has 2 aromatic carbocycles. The molecule has 0 heterocycles. The number of amides is 1. The predicted octanol–water partition coefficient (Wildman–Crippen LogP) is 1.13. The van der Waals surface area contributed by atoms with Crippen LogP contribution in [-0.4, -0.2) is 38.9 Å². The largest absolute Gasteiger partial charge is 0.484 e. The first-order valence-corrected chi connectivity index (χ1v) is 9.89. The highest BCUT2D eigenvalue weighted by molar-refractivity contribution is 7.89. The normalized spacial score (nSPS) is 10.7. The van der Waals surface area contributed by atoms with Crippen molar-refractivity contribution in [3.05, 3.63) is 64.2 Å². The third-order valence-electron chi connectivity index (χ3n) is 3.65. The van der Waals surface area contributed by atoms with Crippen LogP contribution >= 0.6 is 0 Å². The molecule has 0 aliphatic rings. The SMILES string of the molecule is N#CCc1ccc(OCC(=O)NCCNS(=O)(=O)c2cccc([N+](=O)[O-])c2)cc1. The van der Waals surface area contributed by atoms with Gasteiger partial charge in [0.2, 0.25) is 10.0 Å². The van der Waals surface area contributed by atoms with Crippen LogP contribution in [0.4, 0.5) is 5.69 Å². The maximum Gasteiger partial charge on any atom is 0.270 e. The summed E-state index contributed by atoms with van der Waals surface area (Å²) in [5, 5.41) is 21.9. The quantitative estimate of drug-likeness (QED) is 0.333. The minimum absolute atomic E-state index is 0.0114. The fourth-order valence-corrected chi connectivity index (χ4v) is 3.30. The molecule has 10 nitrogen and oxygen atoms in total. The lowest BCUT2D eigenvalue weighted by atomic mass is 10.2. The van der Waals surface area contributed by atoms with Gasteiger partial charge in [-0.05, 0) is 23.8 Å². The molecule has 2 N–H and O–H groups in total. The number of non-ortho nitro benzene ring substituents is 1. The molecule has 0 aromatic heterocycles. The first-order valence-electron chi connectivity index (χ1n) is 8.41. The zero-order valence-corrected chi connectivity index (χ0v) is 16.0. The lowest BCUT2D eigenvalue weighted by molar-refractivity contribution is -0.385. The van der Waals surface area contributed by atoms with Gasteiger partial charge in [0, 0.05) is 25.2 Å². The van der Waals surface area contributed by atoms with Gasteiger partial charge in [0.05, 0.1) is 22.3 Å². The maximum atomic E-state index is 12.1. The summed E-state index contributed by atoms with van der Waals surface area (Å²) in [5.74, 6) is 0.0221. The molecule has 0 saturated heterocycles. The van der Waals surface area contributed by atoms with Crippen LogP contribution < -0.4 is 14.8 Å². The highest BCUT2D eigenvalue weighted by Gasteiger charge is 2.17. The van der Waals surface area contributed by atoms with E-state index in [1.165, 1.54) is 18.2 Å². The van der Waals surface area contributed by atoms with Crippen LogP contribution in [0.3, 0.4) is 0 Å². The second-order valence-electron chi connectivity index (χ2n) is 5.77. The molecular weight excluding hydrogens is 400 g/mol. The highest BCUT2D eigenvalue weighted by Crippen LogP contribution is 2.17. The zero-order valence-electron chi connectivity index (χ0n) is 15.2. The Labute approximate surface area is 167 Å². The number of nitro benzene ring substituents is 1. The van der Waals surface area contributed by atoms with Crippen LogP contribution in [0.1, 0.15) is 5.56 Å². The van der Waals surface area contributed by atoms with Crippen molar-refractivity contribution in [2.24, 2.45) is 0 Å². The van der Waals surface area contributed by atoms with E-state index < -0.39 is 20.9 Å². The molecule has 1 amide bonds. The second kappa shape index (κ2) is 10.2.